The lowest BCUT2D eigenvalue weighted by molar-refractivity contribution is 0.00356. The zero-order valence-electron chi connectivity index (χ0n) is 18.4. The maximum Gasteiger partial charge on any atom is 0.327 e. The van der Waals surface area contributed by atoms with Crippen molar-refractivity contribution in [1.82, 2.24) is 14.9 Å². The number of likely N-dealkylation sites (tertiary alicyclic amines) is 1. The molecule has 1 unspecified atom stereocenters. The average molecular weight is 492 g/mol. The number of carbonyl (C=O) groups excluding carboxylic acids is 1. The Kier molecular flexibility index (Phi) is 7.85. The molecule has 2 N–H and O–H groups in total. The van der Waals surface area contributed by atoms with Crippen LogP contribution < -0.4 is 15.0 Å². The molecule has 8 nitrogen and oxygen atoms in total. The van der Waals surface area contributed by atoms with Crippen LogP contribution in [-0.4, -0.2) is 58.5 Å². The topological polar surface area (TPSA) is 90.8 Å². The van der Waals surface area contributed by atoms with Gasteiger partial charge >= 0.3 is 6.03 Å². The van der Waals surface area contributed by atoms with E-state index in [1.165, 1.54) is 13.3 Å². The summed E-state index contributed by atoms with van der Waals surface area (Å²) < 4.78 is 5.81. The van der Waals surface area contributed by atoms with Crippen LogP contribution in [-0.2, 0) is 0 Å². The van der Waals surface area contributed by atoms with E-state index in [0.717, 1.165) is 37.2 Å². The van der Waals surface area contributed by atoms with E-state index in [9.17, 15) is 9.90 Å². The lowest BCUT2D eigenvalue weighted by Crippen LogP contribution is -2.51. The van der Waals surface area contributed by atoms with Crippen LogP contribution in [0.2, 0.25) is 0 Å². The molecule has 1 aliphatic heterocycles. The summed E-state index contributed by atoms with van der Waals surface area (Å²) in [6, 6.07) is 7.70. The van der Waals surface area contributed by atoms with Crippen molar-refractivity contribution in [1.29, 1.82) is 0 Å². The molecule has 2 aromatic rings. The number of methoxy groups -OCH3 is 1. The van der Waals surface area contributed by atoms with Gasteiger partial charge in [0.25, 0.3) is 5.88 Å². The Morgan fingerprint density at radius 1 is 1.29 bits per heavy atom. The number of halogens is 1. The smallest absolute Gasteiger partial charge is 0.327 e. The molecule has 0 bridgehead atoms. The van der Waals surface area contributed by atoms with Crippen molar-refractivity contribution in [3.05, 3.63) is 40.6 Å². The molecule has 0 aliphatic carbocycles. The summed E-state index contributed by atoms with van der Waals surface area (Å²) in [6.07, 6.45) is 2.54. The maximum absolute atomic E-state index is 13.6. The van der Waals surface area contributed by atoms with E-state index < -0.39 is 6.23 Å². The summed E-state index contributed by atoms with van der Waals surface area (Å²) >= 11 is 3.27. The second kappa shape index (κ2) is 10.4. The number of benzene rings is 1. The summed E-state index contributed by atoms with van der Waals surface area (Å²) in [7, 11) is 1.49. The SMILES string of the molecule is COc1nc(Br)cnc1NC(=O)N(c1ccccc1C(C)C)C1CCN(C(C)O)CC1. The Labute approximate surface area is 191 Å². The Bertz CT molecular complexity index is 900. The molecule has 1 aromatic carbocycles. The number of nitrogens with zero attached hydrogens (tertiary/aromatic N) is 4. The van der Waals surface area contributed by atoms with Gasteiger partial charge in [0.1, 0.15) is 10.8 Å². The minimum absolute atomic E-state index is 0.00991. The zero-order valence-corrected chi connectivity index (χ0v) is 20.0. The Morgan fingerprint density at radius 3 is 2.58 bits per heavy atom. The summed E-state index contributed by atoms with van der Waals surface area (Å²) in [4.78, 5) is 25.9. The van der Waals surface area contributed by atoms with Crippen LogP contribution in [0.3, 0.4) is 0 Å². The van der Waals surface area contributed by atoms with Gasteiger partial charge in [-0.1, -0.05) is 32.0 Å². The predicted octanol–water partition coefficient (Wildman–Crippen LogP) is 4.21. The van der Waals surface area contributed by atoms with E-state index in [0.29, 0.717) is 4.60 Å². The van der Waals surface area contributed by atoms with Gasteiger partial charge in [-0.05, 0) is 53.2 Å². The third-order valence-electron chi connectivity index (χ3n) is 5.56. The number of para-hydroxylation sites is 1. The standard InChI is InChI=1S/C22H30BrN5O3/c1-14(2)17-7-5-6-8-18(17)28(16-9-11-27(12-10-16)15(3)29)22(30)26-20-21(31-4)25-19(23)13-24-20/h5-8,13-16,29H,9-12H2,1-4H3,(H,24,26,30). The Hall–Kier alpha value is -2.23. The lowest BCUT2D eigenvalue weighted by Gasteiger charge is -2.40. The second-order valence-corrected chi connectivity index (χ2v) is 8.78. The van der Waals surface area contributed by atoms with Gasteiger partial charge in [0.15, 0.2) is 5.82 Å². The number of rotatable bonds is 6. The van der Waals surface area contributed by atoms with Gasteiger partial charge in [-0.25, -0.2) is 14.8 Å². The lowest BCUT2D eigenvalue weighted by atomic mass is 9.97. The summed E-state index contributed by atoms with van der Waals surface area (Å²) in [5.41, 5.74) is 1.99. The predicted molar refractivity (Wildman–Crippen MR) is 125 cm³/mol. The molecule has 168 valence electrons. The first-order chi connectivity index (χ1) is 14.8. The van der Waals surface area contributed by atoms with Crippen LogP contribution in [0.25, 0.3) is 0 Å². The molecule has 0 saturated carbocycles. The number of aromatic nitrogens is 2. The van der Waals surface area contributed by atoms with Gasteiger partial charge in [-0.15, -0.1) is 0 Å². The van der Waals surface area contributed by atoms with Gasteiger partial charge in [0.05, 0.1) is 13.3 Å². The zero-order chi connectivity index (χ0) is 22.5. The van der Waals surface area contributed by atoms with Gasteiger partial charge in [0.2, 0.25) is 0 Å². The summed E-state index contributed by atoms with van der Waals surface area (Å²) in [5, 5.41) is 12.8. The van der Waals surface area contributed by atoms with Gasteiger partial charge in [-0.3, -0.25) is 15.1 Å². The van der Waals surface area contributed by atoms with E-state index in [-0.39, 0.29) is 29.7 Å². The van der Waals surface area contributed by atoms with Crippen LogP contribution in [0.5, 0.6) is 5.88 Å². The monoisotopic (exact) mass is 491 g/mol. The van der Waals surface area contributed by atoms with E-state index >= 15 is 0 Å². The third-order valence-corrected chi connectivity index (χ3v) is 5.94. The van der Waals surface area contributed by atoms with Crippen molar-refractivity contribution >= 4 is 33.5 Å². The molecule has 2 heterocycles. The van der Waals surface area contributed by atoms with E-state index in [1.54, 1.807) is 6.92 Å². The van der Waals surface area contributed by atoms with Crippen molar-refractivity contribution in [3.63, 3.8) is 0 Å². The molecule has 1 saturated heterocycles. The molecule has 0 radical (unpaired) electrons. The summed E-state index contributed by atoms with van der Waals surface area (Å²) in [5.74, 6) is 0.763. The fraction of sp³-hybridized carbons (Fsp3) is 0.500. The Balaban J connectivity index is 1.94. The number of ether oxygens (including phenoxy) is 1. The molecule has 1 atom stereocenters. The molecular formula is C22H30BrN5O3. The van der Waals surface area contributed by atoms with Crippen LogP contribution in [0, 0.1) is 0 Å². The number of aliphatic hydroxyl groups excluding tert-OH is 1. The Morgan fingerprint density at radius 2 is 1.97 bits per heavy atom. The van der Waals surface area contributed by atoms with E-state index in [4.69, 9.17) is 4.74 Å². The highest BCUT2D eigenvalue weighted by atomic mass is 79.9. The number of hydrogen-bond donors (Lipinski definition) is 2. The number of urea groups is 1. The van der Waals surface area contributed by atoms with Gasteiger partial charge < -0.3 is 9.84 Å². The first kappa shape index (κ1) is 23.4. The average Bonchev–Trinajstić information content (AvgIpc) is 2.75. The molecular weight excluding hydrogens is 462 g/mol. The van der Waals surface area contributed by atoms with Crippen LogP contribution >= 0.6 is 15.9 Å². The quantitative estimate of drug-likeness (QED) is 0.628. The number of nitrogens with one attached hydrogen (secondary N) is 1. The molecule has 1 fully saturated rings. The number of carbonyl (C=O) groups is 1. The fourth-order valence-electron chi connectivity index (χ4n) is 3.93. The second-order valence-electron chi connectivity index (χ2n) is 7.96. The first-order valence-corrected chi connectivity index (χ1v) is 11.3. The van der Waals surface area contributed by atoms with Crippen molar-refractivity contribution in [3.8, 4) is 5.88 Å². The third kappa shape index (κ3) is 5.53. The number of piperidine rings is 1. The van der Waals surface area contributed by atoms with Crippen LogP contribution in [0.15, 0.2) is 35.1 Å². The molecule has 3 rings (SSSR count). The van der Waals surface area contributed by atoms with Crippen molar-refractivity contribution in [2.75, 3.05) is 30.4 Å². The molecule has 9 heteroatoms. The fourth-order valence-corrected chi connectivity index (χ4v) is 4.19. The number of amides is 2. The number of aliphatic hydroxyl groups is 1. The van der Waals surface area contributed by atoms with Crippen molar-refractivity contribution in [2.45, 2.75) is 51.8 Å². The van der Waals surface area contributed by atoms with E-state index in [2.05, 4.69) is 51.1 Å². The van der Waals surface area contributed by atoms with Crippen molar-refractivity contribution in [2.24, 2.45) is 0 Å². The maximum atomic E-state index is 13.6. The highest BCUT2D eigenvalue weighted by Gasteiger charge is 2.32. The molecule has 0 spiro atoms. The number of anilines is 2. The molecule has 31 heavy (non-hydrogen) atoms. The number of hydrogen-bond acceptors (Lipinski definition) is 6. The normalized spacial score (nSPS) is 16.2. The largest absolute Gasteiger partial charge is 0.478 e. The summed E-state index contributed by atoms with van der Waals surface area (Å²) in [6.45, 7) is 7.45. The minimum atomic E-state index is -0.492. The van der Waals surface area contributed by atoms with Gasteiger partial charge in [0, 0.05) is 24.8 Å². The van der Waals surface area contributed by atoms with Crippen LogP contribution in [0.4, 0.5) is 16.3 Å². The van der Waals surface area contributed by atoms with Crippen molar-refractivity contribution < 1.29 is 14.6 Å². The highest BCUT2D eigenvalue weighted by Crippen LogP contribution is 2.33. The molecule has 2 amide bonds. The minimum Gasteiger partial charge on any atom is -0.478 e. The van der Waals surface area contributed by atoms with E-state index in [1.807, 2.05) is 28.0 Å². The first-order valence-electron chi connectivity index (χ1n) is 10.5. The molecule has 1 aliphatic rings. The molecule has 1 aromatic heterocycles. The highest BCUT2D eigenvalue weighted by molar-refractivity contribution is 9.10. The van der Waals surface area contributed by atoms with Gasteiger partial charge in [-0.2, -0.15) is 0 Å². The van der Waals surface area contributed by atoms with Crippen LogP contribution in [0.1, 0.15) is 45.1 Å².